The second-order valence-electron chi connectivity index (χ2n) is 3.95. The van der Waals surface area contributed by atoms with Gasteiger partial charge in [-0.3, -0.25) is 0 Å². The number of ether oxygens (including phenoxy) is 1. The summed E-state index contributed by atoms with van der Waals surface area (Å²) >= 11 is 0. The van der Waals surface area contributed by atoms with Gasteiger partial charge in [-0.1, -0.05) is 19.1 Å². The molecule has 2 atom stereocenters. The highest BCUT2D eigenvalue weighted by Gasteiger charge is 2.14. The van der Waals surface area contributed by atoms with Gasteiger partial charge in [0.25, 0.3) is 0 Å². The number of aromatic hydroxyl groups is 1. The monoisotopic (exact) mass is 206 g/mol. The van der Waals surface area contributed by atoms with Gasteiger partial charge >= 0.3 is 0 Å². The van der Waals surface area contributed by atoms with Crippen LogP contribution in [0, 0.1) is 5.92 Å². The van der Waals surface area contributed by atoms with Gasteiger partial charge in [0.1, 0.15) is 17.6 Å². The van der Waals surface area contributed by atoms with Gasteiger partial charge in [0.05, 0.1) is 0 Å². The summed E-state index contributed by atoms with van der Waals surface area (Å²) in [6.07, 6.45) is 0.0899. The average Bonchev–Trinajstić information content (AvgIpc) is 2.20. The van der Waals surface area contributed by atoms with Crippen molar-refractivity contribution in [3.8, 4) is 11.5 Å². The van der Waals surface area contributed by atoms with E-state index in [0.29, 0.717) is 5.92 Å². The predicted molar refractivity (Wildman–Crippen MR) is 62.2 cm³/mol. The molecular weight excluding hydrogens is 188 g/mol. The Kier molecular flexibility index (Phi) is 3.78. The van der Waals surface area contributed by atoms with Crippen LogP contribution < -0.4 is 4.74 Å². The molecule has 0 amide bonds. The van der Waals surface area contributed by atoms with Crippen molar-refractivity contribution in [2.75, 3.05) is 0 Å². The normalized spacial score (nSPS) is 14.3. The molecule has 0 aliphatic rings. The minimum absolute atomic E-state index is 0.0899. The summed E-state index contributed by atoms with van der Waals surface area (Å²) in [5.41, 5.74) is 1.11. The second kappa shape index (κ2) is 4.87. The third kappa shape index (κ3) is 3.31. The Morgan fingerprint density at radius 1 is 1.27 bits per heavy atom. The molecule has 2 heteroatoms. The Hall–Kier alpha value is -1.44. The molecule has 82 valence electrons. The van der Waals surface area contributed by atoms with Gasteiger partial charge in [-0.25, -0.2) is 0 Å². The lowest BCUT2D eigenvalue weighted by atomic mass is 9.99. The summed E-state index contributed by atoms with van der Waals surface area (Å²) in [5.74, 6) is 1.34. The van der Waals surface area contributed by atoms with Crippen LogP contribution in [0.2, 0.25) is 0 Å². The van der Waals surface area contributed by atoms with E-state index < -0.39 is 0 Å². The van der Waals surface area contributed by atoms with Crippen LogP contribution in [0.3, 0.4) is 0 Å². The standard InChI is InChI=1S/C13H18O2/c1-9(2)10(3)11(4)15-13-7-5-12(14)6-8-13/h5-8,10-11,14H,1H2,2-4H3. The third-order valence-corrected chi connectivity index (χ3v) is 2.64. The molecule has 15 heavy (non-hydrogen) atoms. The zero-order chi connectivity index (χ0) is 11.4. The van der Waals surface area contributed by atoms with E-state index in [1.165, 1.54) is 0 Å². The minimum Gasteiger partial charge on any atom is -0.508 e. The number of hydrogen-bond acceptors (Lipinski definition) is 2. The Balaban J connectivity index is 2.62. The van der Waals surface area contributed by atoms with E-state index in [9.17, 15) is 0 Å². The van der Waals surface area contributed by atoms with Crippen LogP contribution in [0.4, 0.5) is 0 Å². The highest BCUT2D eigenvalue weighted by Crippen LogP contribution is 2.21. The van der Waals surface area contributed by atoms with Gasteiger partial charge in [0.2, 0.25) is 0 Å². The molecule has 2 unspecified atom stereocenters. The quantitative estimate of drug-likeness (QED) is 0.765. The van der Waals surface area contributed by atoms with Crippen LogP contribution in [0.15, 0.2) is 36.4 Å². The van der Waals surface area contributed by atoms with Gasteiger partial charge in [-0.15, -0.1) is 0 Å². The van der Waals surface area contributed by atoms with Gasteiger partial charge in [0, 0.05) is 5.92 Å². The van der Waals surface area contributed by atoms with Crippen LogP contribution in [-0.4, -0.2) is 11.2 Å². The smallest absolute Gasteiger partial charge is 0.120 e. The zero-order valence-corrected chi connectivity index (χ0v) is 9.53. The maximum atomic E-state index is 9.12. The molecule has 1 rings (SSSR count). The van der Waals surface area contributed by atoms with Crippen molar-refractivity contribution in [2.24, 2.45) is 5.92 Å². The highest BCUT2D eigenvalue weighted by atomic mass is 16.5. The molecule has 0 fully saturated rings. The molecule has 0 saturated heterocycles. The fourth-order valence-corrected chi connectivity index (χ4v) is 1.24. The van der Waals surface area contributed by atoms with Crippen molar-refractivity contribution in [3.63, 3.8) is 0 Å². The van der Waals surface area contributed by atoms with Crippen LogP contribution in [0.1, 0.15) is 20.8 Å². The molecule has 0 spiro atoms. The molecule has 1 N–H and O–H groups in total. The lowest BCUT2D eigenvalue weighted by Gasteiger charge is -2.21. The van der Waals surface area contributed by atoms with Crippen LogP contribution in [0.5, 0.6) is 11.5 Å². The van der Waals surface area contributed by atoms with Gasteiger partial charge < -0.3 is 9.84 Å². The van der Waals surface area contributed by atoms with Gasteiger partial charge in [0.15, 0.2) is 0 Å². The van der Waals surface area contributed by atoms with Crippen molar-refractivity contribution in [1.82, 2.24) is 0 Å². The minimum atomic E-state index is 0.0899. The average molecular weight is 206 g/mol. The lowest BCUT2D eigenvalue weighted by Crippen LogP contribution is -2.21. The molecule has 0 aliphatic carbocycles. The van der Waals surface area contributed by atoms with E-state index in [-0.39, 0.29) is 11.9 Å². The first-order valence-corrected chi connectivity index (χ1v) is 5.12. The Bertz CT molecular complexity index is 327. The molecule has 0 bridgehead atoms. The number of phenols is 1. The first kappa shape index (κ1) is 11.6. The fraction of sp³-hybridized carbons (Fsp3) is 0.385. The molecule has 2 nitrogen and oxygen atoms in total. The highest BCUT2D eigenvalue weighted by molar-refractivity contribution is 5.30. The largest absolute Gasteiger partial charge is 0.508 e. The summed E-state index contributed by atoms with van der Waals surface area (Å²) in [7, 11) is 0. The SMILES string of the molecule is C=C(C)C(C)C(C)Oc1ccc(O)cc1. The molecule has 0 aliphatic heterocycles. The fourth-order valence-electron chi connectivity index (χ4n) is 1.24. The van der Waals surface area contributed by atoms with Crippen LogP contribution in [0.25, 0.3) is 0 Å². The number of hydrogen-bond donors (Lipinski definition) is 1. The topological polar surface area (TPSA) is 29.5 Å². The van der Waals surface area contributed by atoms with E-state index in [2.05, 4.69) is 13.5 Å². The number of rotatable bonds is 4. The van der Waals surface area contributed by atoms with Crippen molar-refractivity contribution in [1.29, 1.82) is 0 Å². The van der Waals surface area contributed by atoms with Crippen LogP contribution in [-0.2, 0) is 0 Å². The summed E-state index contributed by atoms with van der Waals surface area (Å²) in [5, 5.41) is 9.12. The Morgan fingerprint density at radius 3 is 2.27 bits per heavy atom. The third-order valence-electron chi connectivity index (χ3n) is 2.64. The predicted octanol–water partition coefficient (Wildman–Crippen LogP) is 3.37. The van der Waals surface area contributed by atoms with E-state index in [0.717, 1.165) is 11.3 Å². The number of phenolic OH excluding ortho intramolecular Hbond substituents is 1. The first-order valence-electron chi connectivity index (χ1n) is 5.12. The summed E-state index contributed by atoms with van der Waals surface area (Å²) in [6.45, 7) is 10.0. The molecule has 0 saturated carbocycles. The van der Waals surface area contributed by atoms with E-state index in [4.69, 9.17) is 9.84 Å². The maximum absolute atomic E-state index is 9.12. The molecular formula is C13H18O2. The molecule has 0 heterocycles. The van der Waals surface area contributed by atoms with Crippen molar-refractivity contribution >= 4 is 0 Å². The second-order valence-corrected chi connectivity index (χ2v) is 3.95. The van der Waals surface area contributed by atoms with E-state index >= 15 is 0 Å². The summed E-state index contributed by atoms with van der Waals surface area (Å²) in [4.78, 5) is 0. The van der Waals surface area contributed by atoms with Crippen molar-refractivity contribution < 1.29 is 9.84 Å². The molecule has 1 aromatic carbocycles. The van der Waals surface area contributed by atoms with Crippen molar-refractivity contribution in [3.05, 3.63) is 36.4 Å². The van der Waals surface area contributed by atoms with Crippen LogP contribution >= 0.6 is 0 Å². The summed E-state index contributed by atoms with van der Waals surface area (Å²) in [6, 6.07) is 6.76. The van der Waals surface area contributed by atoms with E-state index in [1.807, 2.05) is 13.8 Å². The number of benzene rings is 1. The van der Waals surface area contributed by atoms with Crippen molar-refractivity contribution in [2.45, 2.75) is 26.9 Å². The molecule has 0 aromatic heterocycles. The molecule has 0 radical (unpaired) electrons. The summed E-state index contributed by atoms with van der Waals surface area (Å²) < 4.78 is 5.72. The van der Waals surface area contributed by atoms with Gasteiger partial charge in [-0.05, 0) is 38.1 Å². The molecule has 1 aromatic rings. The maximum Gasteiger partial charge on any atom is 0.120 e. The zero-order valence-electron chi connectivity index (χ0n) is 9.53. The first-order chi connectivity index (χ1) is 7.00. The van der Waals surface area contributed by atoms with Gasteiger partial charge in [-0.2, -0.15) is 0 Å². The lowest BCUT2D eigenvalue weighted by molar-refractivity contribution is 0.178. The Morgan fingerprint density at radius 2 is 1.80 bits per heavy atom. The Labute approximate surface area is 91.2 Å². The van der Waals surface area contributed by atoms with E-state index in [1.54, 1.807) is 24.3 Å².